The van der Waals surface area contributed by atoms with Crippen molar-refractivity contribution in [1.29, 1.82) is 0 Å². The molecule has 4 nitrogen and oxygen atoms in total. The molecule has 1 fully saturated rings. The largest absolute Gasteiger partial charge is 0.369 e. The lowest BCUT2D eigenvalue weighted by Gasteiger charge is -2.12. The van der Waals surface area contributed by atoms with Gasteiger partial charge in [-0.2, -0.15) is 0 Å². The Labute approximate surface area is 137 Å². The highest BCUT2D eigenvalue weighted by Crippen LogP contribution is 2.44. The molecule has 1 aliphatic carbocycles. The average Bonchev–Trinajstić information content (AvgIpc) is 3.32. The van der Waals surface area contributed by atoms with E-state index in [9.17, 15) is 0 Å². The van der Waals surface area contributed by atoms with E-state index in [1.54, 1.807) is 6.20 Å². The zero-order chi connectivity index (χ0) is 14.8. The number of rotatable bonds is 5. The number of nitrogens with zero attached hydrogens (tertiary/aromatic N) is 3. The summed E-state index contributed by atoms with van der Waals surface area (Å²) in [5.74, 6) is 2.03. The standard InChI is InChI=1S/C15H16BrClN4/c1-2-7-18-15-12(16)13(9-3-4-9)20-14(21-15)11-6-5-10(17)8-19-11/h5-6,8-9H,2-4,7H2,1H3,(H,18,20,21). The van der Waals surface area contributed by atoms with E-state index in [0.29, 0.717) is 16.8 Å². The molecule has 1 aliphatic rings. The first-order chi connectivity index (χ1) is 10.2. The lowest BCUT2D eigenvalue weighted by atomic mass is 10.2. The first kappa shape index (κ1) is 14.7. The molecule has 1 N–H and O–H groups in total. The minimum Gasteiger partial charge on any atom is -0.369 e. The highest BCUT2D eigenvalue weighted by molar-refractivity contribution is 9.10. The quantitative estimate of drug-likeness (QED) is 0.835. The molecule has 0 atom stereocenters. The molecule has 2 heterocycles. The van der Waals surface area contributed by atoms with Crippen LogP contribution in [-0.2, 0) is 0 Å². The third-order valence-corrected chi connectivity index (χ3v) is 4.35. The molecular formula is C15H16BrClN4. The van der Waals surface area contributed by atoms with Gasteiger partial charge in [-0.25, -0.2) is 9.97 Å². The number of anilines is 1. The second-order valence-corrected chi connectivity index (χ2v) is 6.39. The van der Waals surface area contributed by atoms with Crippen LogP contribution < -0.4 is 5.32 Å². The number of hydrogen-bond donors (Lipinski definition) is 1. The number of pyridine rings is 1. The van der Waals surface area contributed by atoms with Crippen molar-refractivity contribution in [3.8, 4) is 11.5 Å². The normalized spacial score (nSPS) is 14.2. The molecular weight excluding hydrogens is 352 g/mol. The Morgan fingerprint density at radius 1 is 1.33 bits per heavy atom. The van der Waals surface area contributed by atoms with Gasteiger partial charge in [0.25, 0.3) is 0 Å². The Hall–Kier alpha value is -1.20. The van der Waals surface area contributed by atoms with Gasteiger partial charge in [-0.05, 0) is 47.3 Å². The highest BCUT2D eigenvalue weighted by Gasteiger charge is 2.29. The maximum Gasteiger partial charge on any atom is 0.180 e. The van der Waals surface area contributed by atoms with Gasteiger partial charge in [0, 0.05) is 18.7 Å². The third-order valence-electron chi connectivity index (χ3n) is 3.34. The van der Waals surface area contributed by atoms with E-state index in [1.165, 1.54) is 12.8 Å². The SMILES string of the molecule is CCCNc1nc(-c2ccc(Cl)cn2)nc(C2CC2)c1Br. The lowest BCUT2D eigenvalue weighted by Crippen LogP contribution is -2.07. The third kappa shape index (κ3) is 3.35. The second kappa shape index (κ2) is 6.28. The molecule has 110 valence electrons. The van der Waals surface area contributed by atoms with Gasteiger partial charge in [-0.15, -0.1) is 0 Å². The van der Waals surface area contributed by atoms with Crippen molar-refractivity contribution >= 4 is 33.3 Å². The molecule has 2 aromatic rings. The number of aromatic nitrogens is 3. The van der Waals surface area contributed by atoms with Crippen LogP contribution in [0.15, 0.2) is 22.8 Å². The van der Waals surface area contributed by atoms with Crippen LogP contribution in [0.1, 0.15) is 37.8 Å². The Bertz CT molecular complexity index is 641. The summed E-state index contributed by atoms with van der Waals surface area (Å²) in [4.78, 5) is 13.6. The second-order valence-electron chi connectivity index (χ2n) is 5.16. The fraction of sp³-hybridized carbons (Fsp3) is 0.400. The first-order valence-electron chi connectivity index (χ1n) is 7.12. The van der Waals surface area contributed by atoms with Gasteiger partial charge in [0.2, 0.25) is 0 Å². The molecule has 0 radical (unpaired) electrons. The van der Waals surface area contributed by atoms with E-state index < -0.39 is 0 Å². The van der Waals surface area contributed by atoms with E-state index in [2.05, 4.69) is 38.1 Å². The summed E-state index contributed by atoms with van der Waals surface area (Å²) >= 11 is 9.53. The number of halogens is 2. The molecule has 3 rings (SSSR count). The molecule has 0 aliphatic heterocycles. The minimum atomic E-state index is 0.538. The Morgan fingerprint density at radius 2 is 2.14 bits per heavy atom. The number of nitrogens with one attached hydrogen (secondary N) is 1. The topological polar surface area (TPSA) is 50.7 Å². The number of hydrogen-bond acceptors (Lipinski definition) is 4. The van der Waals surface area contributed by atoms with Crippen LogP contribution in [-0.4, -0.2) is 21.5 Å². The Morgan fingerprint density at radius 3 is 2.76 bits per heavy atom. The van der Waals surface area contributed by atoms with E-state index in [0.717, 1.165) is 34.6 Å². The lowest BCUT2D eigenvalue weighted by molar-refractivity contribution is 0.937. The predicted molar refractivity (Wildman–Crippen MR) is 88.7 cm³/mol. The molecule has 21 heavy (non-hydrogen) atoms. The molecule has 0 spiro atoms. The smallest absolute Gasteiger partial charge is 0.180 e. The van der Waals surface area contributed by atoms with Gasteiger partial charge in [-0.1, -0.05) is 18.5 Å². The van der Waals surface area contributed by atoms with E-state index >= 15 is 0 Å². The van der Waals surface area contributed by atoms with E-state index in [1.807, 2.05) is 12.1 Å². The van der Waals surface area contributed by atoms with Crippen molar-refractivity contribution in [2.45, 2.75) is 32.1 Å². The maximum atomic E-state index is 5.89. The van der Waals surface area contributed by atoms with Gasteiger partial charge < -0.3 is 5.32 Å². The van der Waals surface area contributed by atoms with Gasteiger partial charge in [0.15, 0.2) is 5.82 Å². The van der Waals surface area contributed by atoms with Crippen LogP contribution in [0.25, 0.3) is 11.5 Å². The highest BCUT2D eigenvalue weighted by atomic mass is 79.9. The molecule has 0 bridgehead atoms. The minimum absolute atomic E-state index is 0.538. The van der Waals surface area contributed by atoms with Crippen molar-refractivity contribution in [2.75, 3.05) is 11.9 Å². The predicted octanol–water partition coefficient (Wildman–Crippen LogP) is 4.65. The van der Waals surface area contributed by atoms with Crippen LogP contribution in [0.5, 0.6) is 0 Å². The zero-order valence-corrected chi connectivity index (χ0v) is 14.1. The van der Waals surface area contributed by atoms with Crippen LogP contribution in [0.2, 0.25) is 5.02 Å². The van der Waals surface area contributed by atoms with Crippen LogP contribution in [0.4, 0.5) is 5.82 Å². The van der Waals surface area contributed by atoms with Gasteiger partial charge >= 0.3 is 0 Å². The van der Waals surface area contributed by atoms with Crippen molar-refractivity contribution in [2.24, 2.45) is 0 Å². The molecule has 0 aromatic carbocycles. The molecule has 0 unspecified atom stereocenters. The van der Waals surface area contributed by atoms with E-state index in [-0.39, 0.29) is 0 Å². The fourth-order valence-corrected chi connectivity index (χ4v) is 2.83. The first-order valence-corrected chi connectivity index (χ1v) is 8.29. The summed E-state index contributed by atoms with van der Waals surface area (Å²) < 4.78 is 0.983. The summed E-state index contributed by atoms with van der Waals surface area (Å²) in [5, 5.41) is 3.97. The summed E-state index contributed by atoms with van der Waals surface area (Å²) in [7, 11) is 0. The Kier molecular flexibility index (Phi) is 4.40. The van der Waals surface area contributed by atoms with Crippen LogP contribution in [0.3, 0.4) is 0 Å². The van der Waals surface area contributed by atoms with Gasteiger partial charge in [0.05, 0.1) is 15.2 Å². The Balaban J connectivity index is 2.03. The summed E-state index contributed by atoms with van der Waals surface area (Å²) in [6.07, 6.45) is 5.05. The van der Waals surface area contributed by atoms with Gasteiger partial charge in [0.1, 0.15) is 11.5 Å². The summed E-state index contributed by atoms with van der Waals surface area (Å²) in [6.45, 7) is 3.01. The average molecular weight is 368 g/mol. The van der Waals surface area contributed by atoms with Gasteiger partial charge in [-0.3, -0.25) is 4.98 Å². The van der Waals surface area contributed by atoms with E-state index in [4.69, 9.17) is 16.6 Å². The van der Waals surface area contributed by atoms with Crippen molar-refractivity contribution in [3.05, 3.63) is 33.5 Å². The molecule has 6 heteroatoms. The molecule has 1 saturated carbocycles. The van der Waals surface area contributed by atoms with Crippen LogP contribution in [0, 0.1) is 0 Å². The monoisotopic (exact) mass is 366 g/mol. The van der Waals surface area contributed by atoms with Crippen molar-refractivity contribution in [3.63, 3.8) is 0 Å². The fourth-order valence-electron chi connectivity index (χ4n) is 2.07. The van der Waals surface area contributed by atoms with Crippen molar-refractivity contribution in [1.82, 2.24) is 15.0 Å². The van der Waals surface area contributed by atoms with Crippen LogP contribution >= 0.6 is 27.5 Å². The zero-order valence-electron chi connectivity index (χ0n) is 11.7. The van der Waals surface area contributed by atoms with Crippen molar-refractivity contribution < 1.29 is 0 Å². The molecule has 2 aromatic heterocycles. The maximum absolute atomic E-state index is 5.89. The summed E-state index contributed by atoms with van der Waals surface area (Å²) in [5.41, 5.74) is 1.82. The molecule has 0 amide bonds. The summed E-state index contributed by atoms with van der Waals surface area (Å²) in [6, 6.07) is 3.66. The molecule has 0 saturated heterocycles.